The highest BCUT2D eigenvalue weighted by Gasteiger charge is 2.19. The number of carbonyl (C=O) groups is 1. The molecule has 0 fully saturated rings. The predicted molar refractivity (Wildman–Crippen MR) is 97.4 cm³/mol. The molecule has 0 saturated carbocycles. The van der Waals surface area contributed by atoms with Crippen molar-refractivity contribution >= 4 is 11.6 Å². The van der Waals surface area contributed by atoms with Crippen molar-refractivity contribution in [1.82, 2.24) is 14.8 Å². The van der Waals surface area contributed by atoms with Gasteiger partial charge in [-0.15, -0.1) is 0 Å². The van der Waals surface area contributed by atoms with Crippen molar-refractivity contribution in [3.05, 3.63) is 54.4 Å². The van der Waals surface area contributed by atoms with E-state index in [0.29, 0.717) is 29.6 Å². The van der Waals surface area contributed by atoms with Crippen LogP contribution in [0.5, 0.6) is 11.5 Å². The smallest absolute Gasteiger partial charge is 0.262 e. The normalized spacial score (nSPS) is 12.9. The molecule has 0 unspecified atom stereocenters. The number of rotatable bonds is 6. The standard InChI is InChI=1S/C19H18N4O4/c24-9-8-23-19(13-6-7-15-16(10-13)27-12-18(25)20-15)21-17(22-23)11-26-14-4-2-1-3-5-14/h1-7,10,24H,8-9,11-12H2,(H,20,25). The number of carbonyl (C=O) groups excluding carboxylic acids is 1. The van der Waals surface area contributed by atoms with Gasteiger partial charge in [0.1, 0.15) is 18.1 Å². The van der Waals surface area contributed by atoms with Gasteiger partial charge in [0.15, 0.2) is 18.3 Å². The van der Waals surface area contributed by atoms with Crippen LogP contribution in [0.15, 0.2) is 48.5 Å². The van der Waals surface area contributed by atoms with Gasteiger partial charge in [0.05, 0.1) is 18.8 Å². The third-order valence-electron chi connectivity index (χ3n) is 4.01. The number of hydrogen-bond donors (Lipinski definition) is 2. The molecule has 0 atom stereocenters. The fourth-order valence-corrected chi connectivity index (χ4v) is 2.79. The Morgan fingerprint density at radius 1 is 1.22 bits per heavy atom. The molecule has 0 saturated heterocycles. The number of aliphatic hydroxyl groups is 1. The molecule has 3 aromatic rings. The molecule has 0 radical (unpaired) electrons. The van der Waals surface area contributed by atoms with Crippen LogP contribution in [0.25, 0.3) is 11.4 Å². The third-order valence-corrected chi connectivity index (χ3v) is 4.01. The molecule has 2 aromatic carbocycles. The lowest BCUT2D eigenvalue weighted by Gasteiger charge is -2.18. The molecule has 0 aliphatic carbocycles. The number of hydrogen-bond acceptors (Lipinski definition) is 6. The number of nitrogens with zero attached hydrogens (tertiary/aromatic N) is 3. The Kier molecular flexibility index (Phi) is 4.71. The minimum absolute atomic E-state index is 0.0179. The third kappa shape index (κ3) is 3.75. The van der Waals surface area contributed by atoms with Crippen LogP contribution >= 0.6 is 0 Å². The Labute approximate surface area is 155 Å². The van der Waals surface area contributed by atoms with E-state index in [-0.39, 0.29) is 25.7 Å². The monoisotopic (exact) mass is 366 g/mol. The summed E-state index contributed by atoms with van der Waals surface area (Å²) in [6.45, 7) is 0.443. The van der Waals surface area contributed by atoms with E-state index in [1.54, 1.807) is 16.8 Å². The zero-order valence-electron chi connectivity index (χ0n) is 14.5. The maximum Gasteiger partial charge on any atom is 0.262 e. The summed E-state index contributed by atoms with van der Waals surface area (Å²) >= 11 is 0. The molecule has 8 nitrogen and oxygen atoms in total. The second-order valence-corrected chi connectivity index (χ2v) is 5.95. The van der Waals surface area contributed by atoms with Gasteiger partial charge in [0.25, 0.3) is 5.91 Å². The van der Waals surface area contributed by atoms with Crippen molar-refractivity contribution in [2.45, 2.75) is 13.2 Å². The van der Waals surface area contributed by atoms with Crippen molar-refractivity contribution in [2.24, 2.45) is 0 Å². The van der Waals surface area contributed by atoms with E-state index in [1.807, 2.05) is 36.4 Å². The van der Waals surface area contributed by atoms with E-state index in [2.05, 4.69) is 15.4 Å². The van der Waals surface area contributed by atoms with Crippen LogP contribution in [0.1, 0.15) is 5.82 Å². The molecule has 8 heteroatoms. The molecule has 2 N–H and O–H groups in total. The number of fused-ring (bicyclic) bond motifs is 1. The van der Waals surface area contributed by atoms with Crippen molar-refractivity contribution in [1.29, 1.82) is 0 Å². The number of aliphatic hydroxyl groups excluding tert-OH is 1. The average Bonchev–Trinajstić information content (AvgIpc) is 3.10. The zero-order valence-corrected chi connectivity index (χ0v) is 14.5. The number of anilines is 1. The molecular formula is C19H18N4O4. The van der Waals surface area contributed by atoms with Crippen LogP contribution in [-0.4, -0.2) is 39.0 Å². The van der Waals surface area contributed by atoms with Gasteiger partial charge in [-0.25, -0.2) is 9.67 Å². The zero-order chi connectivity index (χ0) is 18.6. The Morgan fingerprint density at radius 3 is 2.89 bits per heavy atom. The molecule has 2 heterocycles. The Bertz CT molecular complexity index is 956. The molecule has 0 spiro atoms. The Morgan fingerprint density at radius 2 is 2.07 bits per heavy atom. The quantitative estimate of drug-likeness (QED) is 0.691. The molecular weight excluding hydrogens is 348 g/mol. The van der Waals surface area contributed by atoms with Gasteiger partial charge in [-0.1, -0.05) is 18.2 Å². The van der Waals surface area contributed by atoms with E-state index in [1.165, 1.54) is 0 Å². The van der Waals surface area contributed by atoms with Crippen LogP contribution in [-0.2, 0) is 17.9 Å². The SMILES string of the molecule is O=C1COc2cc(-c3nc(COc4ccccc4)nn3CCO)ccc2N1. The molecule has 4 rings (SSSR count). The van der Waals surface area contributed by atoms with Gasteiger partial charge in [0.2, 0.25) is 0 Å². The van der Waals surface area contributed by atoms with Gasteiger partial charge < -0.3 is 19.9 Å². The summed E-state index contributed by atoms with van der Waals surface area (Å²) in [5.74, 6) is 2.23. The second kappa shape index (κ2) is 7.46. The van der Waals surface area contributed by atoms with Crippen molar-refractivity contribution < 1.29 is 19.4 Å². The molecule has 1 aliphatic rings. The highest BCUT2D eigenvalue weighted by atomic mass is 16.5. The summed E-state index contributed by atoms with van der Waals surface area (Å²) in [6.07, 6.45) is 0. The maximum atomic E-state index is 11.4. The van der Waals surface area contributed by atoms with Gasteiger partial charge >= 0.3 is 0 Å². The number of ether oxygens (including phenoxy) is 2. The van der Waals surface area contributed by atoms with E-state index >= 15 is 0 Å². The van der Waals surface area contributed by atoms with E-state index in [9.17, 15) is 9.90 Å². The van der Waals surface area contributed by atoms with E-state index in [4.69, 9.17) is 9.47 Å². The van der Waals surface area contributed by atoms with Crippen molar-refractivity contribution in [2.75, 3.05) is 18.5 Å². The van der Waals surface area contributed by atoms with Crippen molar-refractivity contribution in [3.63, 3.8) is 0 Å². The number of aromatic nitrogens is 3. The van der Waals surface area contributed by atoms with Crippen LogP contribution in [0.3, 0.4) is 0 Å². The largest absolute Gasteiger partial charge is 0.486 e. The maximum absolute atomic E-state index is 11.4. The molecule has 0 bridgehead atoms. The predicted octanol–water partition coefficient (Wildman–Crippen LogP) is 1.85. The lowest BCUT2D eigenvalue weighted by Crippen LogP contribution is -2.25. The molecule has 27 heavy (non-hydrogen) atoms. The van der Waals surface area contributed by atoms with Crippen LogP contribution < -0.4 is 14.8 Å². The summed E-state index contributed by atoms with van der Waals surface area (Å²) in [5, 5.41) is 16.5. The fraction of sp³-hybridized carbons (Fsp3) is 0.211. The second-order valence-electron chi connectivity index (χ2n) is 5.95. The molecule has 1 aliphatic heterocycles. The lowest BCUT2D eigenvalue weighted by molar-refractivity contribution is -0.118. The van der Waals surface area contributed by atoms with E-state index < -0.39 is 0 Å². The number of para-hydroxylation sites is 1. The highest BCUT2D eigenvalue weighted by Crippen LogP contribution is 2.32. The summed E-state index contributed by atoms with van der Waals surface area (Å²) in [5.41, 5.74) is 1.40. The van der Waals surface area contributed by atoms with Crippen LogP contribution in [0.2, 0.25) is 0 Å². The first-order valence-electron chi connectivity index (χ1n) is 8.52. The minimum atomic E-state index is -0.181. The summed E-state index contributed by atoms with van der Waals surface area (Å²) in [6, 6.07) is 14.8. The minimum Gasteiger partial charge on any atom is -0.486 e. The summed E-state index contributed by atoms with van der Waals surface area (Å²) < 4.78 is 12.8. The number of amides is 1. The van der Waals surface area contributed by atoms with Crippen LogP contribution in [0.4, 0.5) is 5.69 Å². The first-order chi connectivity index (χ1) is 13.2. The number of nitrogens with one attached hydrogen (secondary N) is 1. The van der Waals surface area contributed by atoms with Gasteiger partial charge in [0, 0.05) is 5.56 Å². The first-order valence-corrected chi connectivity index (χ1v) is 8.52. The van der Waals surface area contributed by atoms with Gasteiger partial charge in [-0.3, -0.25) is 4.79 Å². The molecule has 1 amide bonds. The summed E-state index contributed by atoms with van der Waals surface area (Å²) in [7, 11) is 0. The Hall–Kier alpha value is -3.39. The average molecular weight is 366 g/mol. The number of benzene rings is 2. The fourth-order valence-electron chi connectivity index (χ4n) is 2.79. The molecule has 138 valence electrons. The van der Waals surface area contributed by atoms with Gasteiger partial charge in [-0.2, -0.15) is 5.10 Å². The van der Waals surface area contributed by atoms with Crippen LogP contribution in [0, 0.1) is 0 Å². The molecule has 1 aromatic heterocycles. The van der Waals surface area contributed by atoms with Gasteiger partial charge in [-0.05, 0) is 30.3 Å². The highest BCUT2D eigenvalue weighted by molar-refractivity contribution is 5.95. The topological polar surface area (TPSA) is 98.5 Å². The summed E-state index contributed by atoms with van der Waals surface area (Å²) in [4.78, 5) is 16.0. The van der Waals surface area contributed by atoms with E-state index in [0.717, 1.165) is 11.3 Å². The lowest BCUT2D eigenvalue weighted by atomic mass is 10.1. The van der Waals surface area contributed by atoms with Crippen molar-refractivity contribution in [3.8, 4) is 22.9 Å². The first kappa shape index (κ1) is 17.0. The Balaban J connectivity index is 1.60.